The average Bonchev–Trinajstić information content (AvgIpc) is 2.99. The fourth-order valence-corrected chi connectivity index (χ4v) is 6.26. The molecule has 0 radical (unpaired) electrons. The third-order valence-corrected chi connectivity index (χ3v) is 8.92. The Hall–Kier alpha value is -4.21. The Kier molecular flexibility index (Phi) is 9.98. The number of aryl methyl sites for hydroxylation is 1. The van der Waals surface area contributed by atoms with Crippen molar-refractivity contribution in [2.24, 2.45) is 0 Å². The van der Waals surface area contributed by atoms with Crippen LogP contribution in [-0.4, -0.2) is 44.8 Å². The second-order valence-electron chi connectivity index (χ2n) is 9.71. The lowest BCUT2D eigenvalue weighted by Gasteiger charge is -2.33. The van der Waals surface area contributed by atoms with Crippen LogP contribution in [0.15, 0.2) is 108 Å². The summed E-state index contributed by atoms with van der Waals surface area (Å²) in [6.45, 7) is 0.881. The van der Waals surface area contributed by atoms with E-state index in [-0.39, 0.29) is 34.1 Å². The van der Waals surface area contributed by atoms with Gasteiger partial charge in [-0.05, 0) is 42.8 Å². The molecule has 2 amide bonds. The quantitative estimate of drug-likeness (QED) is 0.248. The van der Waals surface area contributed by atoms with Crippen LogP contribution in [0.3, 0.4) is 0 Å². The number of anilines is 1. The molecule has 0 aromatic heterocycles. The number of rotatable bonds is 11. The monoisotopic (exact) mass is 607 g/mol. The van der Waals surface area contributed by atoms with Crippen molar-refractivity contribution in [3.63, 3.8) is 0 Å². The summed E-state index contributed by atoms with van der Waals surface area (Å²) in [4.78, 5) is 28.6. The number of carbonyl (C=O) groups excluding carboxylic acids is 2. The molecule has 0 saturated carbocycles. The van der Waals surface area contributed by atoms with Crippen molar-refractivity contribution in [2.45, 2.75) is 30.8 Å². The Morgan fingerprint density at radius 2 is 1.50 bits per heavy atom. The Morgan fingerprint density at radius 1 is 0.881 bits per heavy atom. The SMILES string of the molecule is CNC(=O)[C@H](Cc1ccccc1)N(Cc1ccccc1F)C(=O)CN(c1ccccc1Cl)S(=O)(=O)c1ccc(C)cc1. The highest BCUT2D eigenvalue weighted by Gasteiger charge is 2.35. The number of benzene rings is 4. The molecule has 0 heterocycles. The highest BCUT2D eigenvalue weighted by molar-refractivity contribution is 7.92. The lowest BCUT2D eigenvalue weighted by molar-refractivity contribution is -0.139. The molecule has 0 spiro atoms. The molecule has 1 N–H and O–H groups in total. The summed E-state index contributed by atoms with van der Waals surface area (Å²) in [6.07, 6.45) is 0.123. The minimum absolute atomic E-state index is 0.0337. The Labute approximate surface area is 250 Å². The van der Waals surface area contributed by atoms with Gasteiger partial charge in [-0.1, -0.05) is 90.0 Å². The minimum Gasteiger partial charge on any atom is -0.357 e. The Bertz CT molecular complexity index is 1650. The average molecular weight is 608 g/mol. The summed E-state index contributed by atoms with van der Waals surface area (Å²) >= 11 is 6.45. The van der Waals surface area contributed by atoms with E-state index in [4.69, 9.17) is 11.6 Å². The zero-order valence-corrected chi connectivity index (χ0v) is 24.8. The highest BCUT2D eigenvalue weighted by atomic mass is 35.5. The number of sulfonamides is 1. The van der Waals surface area contributed by atoms with Crippen LogP contribution in [0.1, 0.15) is 16.7 Å². The van der Waals surface area contributed by atoms with Crippen molar-refractivity contribution in [3.05, 3.63) is 131 Å². The number of hydrogen-bond donors (Lipinski definition) is 1. The second kappa shape index (κ2) is 13.6. The van der Waals surface area contributed by atoms with E-state index < -0.39 is 40.2 Å². The van der Waals surface area contributed by atoms with Crippen molar-refractivity contribution in [1.29, 1.82) is 0 Å². The maximum atomic E-state index is 14.8. The van der Waals surface area contributed by atoms with Crippen molar-refractivity contribution in [2.75, 3.05) is 17.9 Å². The molecule has 4 rings (SSSR count). The van der Waals surface area contributed by atoms with Gasteiger partial charge in [-0.25, -0.2) is 12.8 Å². The third-order valence-electron chi connectivity index (χ3n) is 6.83. The maximum Gasteiger partial charge on any atom is 0.264 e. The summed E-state index contributed by atoms with van der Waals surface area (Å²) in [5, 5.41) is 2.72. The van der Waals surface area contributed by atoms with Gasteiger partial charge in [0.05, 0.1) is 15.6 Å². The third kappa shape index (κ3) is 7.16. The molecule has 218 valence electrons. The van der Waals surface area contributed by atoms with Crippen molar-refractivity contribution < 1.29 is 22.4 Å². The minimum atomic E-state index is -4.29. The van der Waals surface area contributed by atoms with Gasteiger partial charge in [-0.2, -0.15) is 0 Å². The molecule has 10 heteroatoms. The van der Waals surface area contributed by atoms with Gasteiger partial charge < -0.3 is 10.2 Å². The van der Waals surface area contributed by atoms with Gasteiger partial charge >= 0.3 is 0 Å². The summed E-state index contributed by atoms with van der Waals surface area (Å²) in [7, 11) is -2.84. The molecule has 0 aliphatic carbocycles. The smallest absolute Gasteiger partial charge is 0.264 e. The van der Waals surface area contributed by atoms with Gasteiger partial charge in [0.2, 0.25) is 11.8 Å². The van der Waals surface area contributed by atoms with E-state index in [2.05, 4.69) is 5.32 Å². The molecule has 0 bridgehead atoms. The zero-order chi connectivity index (χ0) is 30.3. The molecular weight excluding hydrogens is 577 g/mol. The highest BCUT2D eigenvalue weighted by Crippen LogP contribution is 2.31. The van der Waals surface area contributed by atoms with E-state index in [1.54, 1.807) is 30.3 Å². The van der Waals surface area contributed by atoms with E-state index in [1.165, 1.54) is 54.4 Å². The largest absolute Gasteiger partial charge is 0.357 e. The summed E-state index contributed by atoms with van der Waals surface area (Å²) in [5.41, 5.74) is 1.91. The zero-order valence-electron chi connectivity index (χ0n) is 23.2. The molecule has 0 aliphatic rings. The molecule has 7 nitrogen and oxygen atoms in total. The number of amides is 2. The number of halogens is 2. The van der Waals surface area contributed by atoms with Crippen molar-refractivity contribution >= 4 is 39.1 Å². The van der Waals surface area contributed by atoms with Crippen LogP contribution in [-0.2, 0) is 32.6 Å². The number of likely N-dealkylation sites (N-methyl/N-ethyl adjacent to an activating group) is 1. The first-order valence-electron chi connectivity index (χ1n) is 13.2. The standard InChI is InChI=1S/C32H31ClFN3O4S/c1-23-16-18-26(19-17-23)42(40,41)37(29-15-9-7-13-27(29)33)22-31(38)36(21-25-12-6-8-14-28(25)34)30(32(39)35-2)20-24-10-4-3-5-11-24/h3-19,30H,20-22H2,1-2H3,(H,35,39)/t30-/m0/s1. The van der Waals surface area contributed by atoms with E-state index in [1.807, 2.05) is 37.3 Å². The van der Waals surface area contributed by atoms with Gasteiger partial charge in [0, 0.05) is 25.6 Å². The van der Waals surface area contributed by atoms with Crippen LogP contribution in [0.2, 0.25) is 5.02 Å². The summed E-state index contributed by atoms with van der Waals surface area (Å²) < 4.78 is 43.7. The maximum absolute atomic E-state index is 14.8. The molecule has 1 atom stereocenters. The van der Waals surface area contributed by atoms with Crippen molar-refractivity contribution in [1.82, 2.24) is 10.2 Å². The molecule has 0 fully saturated rings. The lowest BCUT2D eigenvalue weighted by atomic mass is 10.0. The molecular formula is C32H31ClFN3O4S. The van der Waals surface area contributed by atoms with Crippen LogP contribution in [0.4, 0.5) is 10.1 Å². The van der Waals surface area contributed by atoms with Gasteiger partial charge in [-0.3, -0.25) is 13.9 Å². The summed E-state index contributed by atoms with van der Waals surface area (Å²) in [6, 6.07) is 26.5. The predicted octanol–water partition coefficient (Wildman–Crippen LogP) is 5.37. The first-order chi connectivity index (χ1) is 20.1. The summed E-state index contributed by atoms with van der Waals surface area (Å²) in [5.74, 6) is -1.74. The van der Waals surface area contributed by atoms with E-state index in [9.17, 15) is 22.4 Å². The fraction of sp³-hybridized carbons (Fsp3) is 0.188. The number of nitrogens with one attached hydrogen (secondary N) is 1. The first kappa shape index (κ1) is 30.7. The number of carbonyl (C=O) groups is 2. The molecule has 0 unspecified atom stereocenters. The van der Waals surface area contributed by atoms with Gasteiger partial charge in [0.25, 0.3) is 10.0 Å². The Morgan fingerprint density at radius 3 is 2.14 bits per heavy atom. The fourth-order valence-electron chi connectivity index (χ4n) is 4.54. The van der Waals surface area contributed by atoms with E-state index >= 15 is 0 Å². The number of hydrogen-bond acceptors (Lipinski definition) is 4. The van der Waals surface area contributed by atoms with Gasteiger partial charge in [-0.15, -0.1) is 0 Å². The van der Waals surface area contributed by atoms with Crippen molar-refractivity contribution in [3.8, 4) is 0 Å². The van der Waals surface area contributed by atoms with Crippen LogP contribution < -0.4 is 9.62 Å². The van der Waals surface area contributed by atoms with Crippen LogP contribution in [0.25, 0.3) is 0 Å². The van der Waals surface area contributed by atoms with E-state index in [0.717, 1.165) is 15.4 Å². The number of para-hydroxylation sites is 1. The topological polar surface area (TPSA) is 86.8 Å². The molecule has 42 heavy (non-hydrogen) atoms. The molecule has 4 aromatic rings. The van der Waals surface area contributed by atoms with Crippen LogP contribution in [0.5, 0.6) is 0 Å². The predicted molar refractivity (Wildman–Crippen MR) is 162 cm³/mol. The normalized spacial score (nSPS) is 11.9. The first-order valence-corrected chi connectivity index (χ1v) is 15.1. The van der Waals surface area contributed by atoms with Crippen LogP contribution in [0, 0.1) is 12.7 Å². The van der Waals surface area contributed by atoms with Crippen LogP contribution >= 0.6 is 11.6 Å². The van der Waals surface area contributed by atoms with Gasteiger partial charge in [0.1, 0.15) is 18.4 Å². The second-order valence-corrected chi connectivity index (χ2v) is 12.0. The number of nitrogens with zero attached hydrogens (tertiary/aromatic N) is 2. The van der Waals surface area contributed by atoms with Gasteiger partial charge in [0.15, 0.2) is 0 Å². The lowest BCUT2D eigenvalue weighted by Crippen LogP contribution is -2.53. The molecule has 0 aliphatic heterocycles. The molecule has 0 saturated heterocycles. The van der Waals surface area contributed by atoms with E-state index in [0.29, 0.717) is 0 Å². The molecule has 4 aromatic carbocycles. The Balaban J connectivity index is 1.80.